The second-order valence-corrected chi connectivity index (χ2v) is 8.21. The third kappa shape index (κ3) is 3.34. The number of aromatic nitrogens is 2. The molecule has 4 rings (SSSR count). The van der Waals surface area contributed by atoms with Gasteiger partial charge in [0.2, 0.25) is 5.95 Å². The summed E-state index contributed by atoms with van der Waals surface area (Å²) >= 11 is 12.3. The van der Waals surface area contributed by atoms with E-state index in [9.17, 15) is 4.79 Å². The first-order valence-corrected chi connectivity index (χ1v) is 10.1. The fourth-order valence-corrected chi connectivity index (χ4v) is 4.29. The number of ether oxygens (including phenoxy) is 1. The predicted octanol–water partition coefficient (Wildman–Crippen LogP) is 3.55. The maximum absolute atomic E-state index is 12.9. The number of likely N-dealkylation sites (tertiary alicyclic amines) is 1. The van der Waals surface area contributed by atoms with Gasteiger partial charge in [-0.1, -0.05) is 29.3 Å². The molecule has 0 bridgehead atoms. The lowest BCUT2D eigenvalue weighted by Gasteiger charge is -2.44. The highest BCUT2D eigenvalue weighted by Crippen LogP contribution is 2.41. The third-order valence-electron chi connectivity index (χ3n) is 5.47. The Labute approximate surface area is 174 Å². The number of carbonyl (C=O) groups is 1. The van der Waals surface area contributed by atoms with Crippen LogP contribution in [0.1, 0.15) is 34.5 Å². The summed E-state index contributed by atoms with van der Waals surface area (Å²) in [5.74, 6) is 0.572. The first-order chi connectivity index (χ1) is 13.4. The standard InChI is InChI=1S/C20H22Cl2N4O2/c1-25(2)19-23-12-13-6-11-28-20(17(13)24-19)7-9-26(10-8-20)18(27)14-4-3-5-15(21)16(14)22/h3-5,12H,6-11H2,1-2H3. The van der Waals surface area contributed by atoms with Gasteiger partial charge in [0.25, 0.3) is 5.91 Å². The van der Waals surface area contributed by atoms with E-state index in [1.165, 1.54) is 0 Å². The van der Waals surface area contributed by atoms with Crippen LogP contribution >= 0.6 is 23.2 Å². The van der Waals surface area contributed by atoms with E-state index in [1.807, 2.05) is 30.1 Å². The highest BCUT2D eigenvalue weighted by atomic mass is 35.5. The van der Waals surface area contributed by atoms with Gasteiger partial charge in [-0.2, -0.15) is 0 Å². The SMILES string of the molecule is CN(C)c1ncc2c(n1)C1(CCN(C(=O)c3cccc(Cl)c3Cl)CC1)OCC2. The van der Waals surface area contributed by atoms with Gasteiger partial charge in [-0.3, -0.25) is 4.79 Å². The highest BCUT2D eigenvalue weighted by Gasteiger charge is 2.43. The van der Waals surface area contributed by atoms with E-state index in [2.05, 4.69) is 4.98 Å². The molecule has 0 radical (unpaired) electrons. The Morgan fingerprint density at radius 2 is 2.00 bits per heavy atom. The molecule has 1 aromatic heterocycles. The van der Waals surface area contributed by atoms with Gasteiger partial charge in [0, 0.05) is 33.4 Å². The number of hydrogen-bond acceptors (Lipinski definition) is 5. The largest absolute Gasteiger partial charge is 0.368 e. The van der Waals surface area contributed by atoms with Gasteiger partial charge >= 0.3 is 0 Å². The number of rotatable bonds is 2. The number of anilines is 1. The lowest BCUT2D eigenvalue weighted by atomic mass is 9.83. The summed E-state index contributed by atoms with van der Waals surface area (Å²) in [6.07, 6.45) is 4.10. The molecule has 148 valence electrons. The van der Waals surface area contributed by atoms with E-state index >= 15 is 0 Å². The number of nitrogens with zero attached hydrogens (tertiary/aromatic N) is 4. The average molecular weight is 421 g/mol. The van der Waals surface area contributed by atoms with Crippen LogP contribution in [-0.2, 0) is 16.8 Å². The zero-order valence-electron chi connectivity index (χ0n) is 15.9. The van der Waals surface area contributed by atoms with Crippen LogP contribution < -0.4 is 4.90 Å². The summed E-state index contributed by atoms with van der Waals surface area (Å²) in [6.45, 7) is 1.79. The van der Waals surface area contributed by atoms with Gasteiger partial charge in [0.15, 0.2) is 0 Å². The highest BCUT2D eigenvalue weighted by molar-refractivity contribution is 6.43. The number of halogens is 2. The Kier molecular flexibility index (Phi) is 5.21. The molecule has 0 atom stereocenters. The van der Waals surface area contributed by atoms with Crippen molar-refractivity contribution < 1.29 is 9.53 Å². The van der Waals surface area contributed by atoms with Gasteiger partial charge in [0.05, 0.1) is 27.9 Å². The van der Waals surface area contributed by atoms with Crippen LogP contribution in [0.3, 0.4) is 0 Å². The maximum atomic E-state index is 12.9. The predicted molar refractivity (Wildman–Crippen MR) is 109 cm³/mol. The van der Waals surface area contributed by atoms with Gasteiger partial charge in [-0.05, 0) is 37.0 Å². The molecule has 1 aromatic carbocycles. The van der Waals surface area contributed by atoms with Crippen molar-refractivity contribution in [2.45, 2.75) is 24.9 Å². The van der Waals surface area contributed by atoms with Gasteiger partial charge in [-0.15, -0.1) is 0 Å². The molecular formula is C20H22Cl2N4O2. The molecule has 0 N–H and O–H groups in total. The van der Waals surface area contributed by atoms with Crippen molar-refractivity contribution in [3.8, 4) is 0 Å². The molecule has 6 nitrogen and oxygen atoms in total. The van der Waals surface area contributed by atoms with Crippen LogP contribution in [0.5, 0.6) is 0 Å². The van der Waals surface area contributed by atoms with Crippen LogP contribution in [0.25, 0.3) is 0 Å². The third-order valence-corrected chi connectivity index (χ3v) is 6.29. The van der Waals surface area contributed by atoms with Crippen molar-refractivity contribution in [3.05, 3.63) is 51.3 Å². The lowest BCUT2D eigenvalue weighted by molar-refractivity contribution is -0.0967. The van der Waals surface area contributed by atoms with Crippen molar-refractivity contribution in [3.63, 3.8) is 0 Å². The molecule has 1 spiro atoms. The molecule has 2 aliphatic rings. The van der Waals surface area contributed by atoms with Crippen LogP contribution in [0, 0.1) is 0 Å². The Bertz CT molecular complexity index is 911. The van der Waals surface area contributed by atoms with Crippen LogP contribution in [0.2, 0.25) is 10.0 Å². The van der Waals surface area contributed by atoms with E-state index in [1.54, 1.807) is 18.2 Å². The number of amides is 1. The minimum absolute atomic E-state index is 0.102. The minimum atomic E-state index is -0.462. The zero-order chi connectivity index (χ0) is 19.9. The van der Waals surface area contributed by atoms with Crippen molar-refractivity contribution >= 4 is 35.1 Å². The number of piperidine rings is 1. The van der Waals surface area contributed by atoms with E-state index in [0.717, 1.165) is 17.7 Å². The van der Waals surface area contributed by atoms with Crippen molar-refractivity contribution in [1.82, 2.24) is 14.9 Å². The molecule has 0 saturated carbocycles. The van der Waals surface area contributed by atoms with Gasteiger partial charge in [0.1, 0.15) is 5.60 Å². The monoisotopic (exact) mass is 420 g/mol. The van der Waals surface area contributed by atoms with Crippen molar-refractivity contribution in [2.24, 2.45) is 0 Å². The molecule has 1 saturated heterocycles. The number of carbonyl (C=O) groups excluding carboxylic acids is 1. The van der Waals surface area contributed by atoms with Crippen LogP contribution in [0.15, 0.2) is 24.4 Å². The quantitative estimate of drug-likeness (QED) is 0.743. The van der Waals surface area contributed by atoms with Crippen LogP contribution in [-0.4, -0.2) is 54.6 Å². The van der Waals surface area contributed by atoms with Crippen molar-refractivity contribution in [1.29, 1.82) is 0 Å². The topological polar surface area (TPSA) is 58.6 Å². The lowest BCUT2D eigenvalue weighted by Crippen LogP contribution is -2.49. The Hall–Kier alpha value is -1.89. The average Bonchev–Trinajstić information content (AvgIpc) is 2.70. The Morgan fingerprint density at radius 1 is 1.25 bits per heavy atom. The minimum Gasteiger partial charge on any atom is -0.368 e. The first kappa shape index (κ1) is 19.4. The number of benzene rings is 1. The summed E-state index contributed by atoms with van der Waals surface area (Å²) < 4.78 is 6.25. The Balaban J connectivity index is 1.57. The summed E-state index contributed by atoms with van der Waals surface area (Å²) in [4.78, 5) is 25.9. The smallest absolute Gasteiger partial charge is 0.255 e. The molecule has 2 aliphatic heterocycles. The second-order valence-electron chi connectivity index (χ2n) is 7.42. The summed E-state index contributed by atoms with van der Waals surface area (Å²) in [6, 6.07) is 5.14. The zero-order valence-corrected chi connectivity index (χ0v) is 17.4. The summed E-state index contributed by atoms with van der Waals surface area (Å²) in [7, 11) is 3.85. The molecule has 28 heavy (non-hydrogen) atoms. The number of hydrogen-bond donors (Lipinski definition) is 0. The molecule has 1 fully saturated rings. The van der Waals surface area contributed by atoms with E-state index < -0.39 is 5.60 Å². The molecule has 2 aromatic rings. The Morgan fingerprint density at radius 3 is 2.71 bits per heavy atom. The molecular weight excluding hydrogens is 399 g/mol. The normalized spacial score (nSPS) is 18.1. The maximum Gasteiger partial charge on any atom is 0.255 e. The molecule has 1 amide bonds. The van der Waals surface area contributed by atoms with Gasteiger partial charge < -0.3 is 14.5 Å². The summed E-state index contributed by atoms with van der Waals surface area (Å²) in [5.41, 5.74) is 2.07. The van der Waals surface area contributed by atoms with Crippen LogP contribution in [0.4, 0.5) is 5.95 Å². The first-order valence-electron chi connectivity index (χ1n) is 9.32. The fourth-order valence-electron chi connectivity index (χ4n) is 3.91. The number of fused-ring (bicyclic) bond motifs is 2. The second kappa shape index (κ2) is 7.50. The van der Waals surface area contributed by atoms with Gasteiger partial charge in [-0.25, -0.2) is 9.97 Å². The fraction of sp³-hybridized carbons (Fsp3) is 0.450. The molecule has 8 heteroatoms. The summed E-state index contributed by atoms with van der Waals surface area (Å²) in [5, 5.41) is 0.690. The van der Waals surface area contributed by atoms with Crippen molar-refractivity contribution in [2.75, 3.05) is 38.7 Å². The van der Waals surface area contributed by atoms with E-state index in [0.29, 0.717) is 54.1 Å². The van der Waals surface area contributed by atoms with E-state index in [4.69, 9.17) is 32.9 Å². The van der Waals surface area contributed by atoms with E-state index in [-0.39, 0.29) is 5.91 Å². The molecule has 0 aliphatic carbocycles. The molecule has 0 unspecified atom stereocenters. The molecule has 3 heterocycles.